The van der Waals surface area contributed by atoms with Crippen molar-refractivity contribution in [3.8, 4) is 6.07 Å². The van der Waals surface area contributed by atoms with Gasteiger partial charge in [-0.3, -0.25) is 4.90 Å². The Balaban J connectivity index is 0.00000242. The summed E-state index contributed by atoms with van der Waals surface area (Å²) in [6.45, 7) is 2.86. The van der Waals surface area contributed by atoms with Crippen LogP contribution in [0.1, 0.15) is 23.6 Å². The average Bonchev–Trinajstić information content (AvgIpc) is 2.45. The lowest BCUT2D eigenvalue weighted by Gasteiger charge is -2.34. The van der Waals surface area contributed by atoms with Crippen molar-refractivity contribution in [1.29, 1.82) is 5.26 Å². The van der Waals surface area contributed by atoms with E-state index in [0.717, 1.165) is 19.2 Å². The van der Waals surface area contributed by atoms with Gasteiger partial charge in [-0.05, 0) is 11.6 Å². The van der Waals surface area contributed by atoms with Crippen molar-refractivity contribution in [3.05, 3.63) is 34.3 Å². The molecule has 0 unspecified atom stereocenters. The maximum absolute atomic E-state index is 12.9. The van der Waals surface area contributed by atoms with Crippen LogP contribution in [0.2, 0.25) is 5.02 Å². The van der Waals surface area contributed by atoms with Crippen molar-refractivity contribution in [2.45, 2.75) is 18.6 Å². The predicted octanol–water partition coefficient (Wildman–Crippen LogP) is 4.06. The van der Waals surface area contributed by atoms with Crippen LogP contribution in [0.4, 0.5) is 13.2 Å². The number of nitriles is 1. The molecule has 1 aliphatic heterocycles. The van der Waals surface area contributed by atoms with Crippen molar-refractivity contribution in [2.75, 3.05) is 26.2 Å². The van der Waals surface area contributed by atoms with E-state index in [1.807, 2.05) is 11.0 Å². The number of halogens is 6. The second kappa shape index (κ2) is 9.55. The Labute approximate surface area is 150 Å². The van der Waals surface area contributed by atoms with E-state index < -0.39 is 17.8 Å². The molecule has 1 fully saturated rings. The zero-order valence-electron chi connectivity index (χ0n) is 12.1. The second-order valence-electron chi connectivity index (χ2n) is 4.87. The Hall–Kier alpha value is -0.710. The van der Waals surface area contributed by atoms with Crippen LogP contribution in [0, 0.1) is 11.3 Å². The summed E-state index contributed by atoms with van der Waals surface area (Å²) in [5, 5.41) is 11.9. The lowest BCUT2D eigenvalue weighted by molar-refractivity contribution is -0.137. The molecule has 1 N–H and O–H groups in total. The first-order chi connectivity index (χ1) is 9.95. The number of rotatable bonds is 3. The molecule has 3 nitrogen and oxygen atoms in total. The molecule has 130 valence electrons. The highest BCUT2D eigenvalue weighted by molar-refractivity contribution is 6.32. The monoisotopic (exact) mass is 389 g/mol. The fraction of sp³-hybridized carbons (Fsp3) is 0.500. The molecule has 1 aromatic rings. The number of hydrogen-bond acceptors (Lipinski definition) is 3. The summed E-state index contributed by atoms with van der Waals surface area (Å²) in [6.07, 6.45) is -4.38. The number of nitrogens with zero attached hydrogens (tertiary/aromatic N) is 2. The number of hydrogen-bond donors (Lipinski definition) is 1. The molecule has 0 bridgehead atoms. The molecule has 2 rings (SSSR count). The van der Waals surface area contributed by atoms with Crippen LogP contribution in [0.5, 0.6) is 0 Å². The summed E-state index contributed by atoms with van der Waals surface area (Å²) in [5.41, 5.74) is -0.477. The number of piperazine rings is 1. The van der Waals surface area contributed by atoms with E-state index >= 15 is 0 Å². The van der Waals surface area contributed by atoms with E-state index in [2.05, 4.69) is 5.32 Å². The molecule has 0 aliphatic carbocycles. The Morgan fingerprint density at radius 3 is 2.39 bits per heavy atom. The fourth-order valence-corrected chi connectivity index (χ4v) is 2.90. The first kappa shape index (κ1) is 22.3. The van der Waals surface area contributed by atoms with Gasteiger partial charge in [0.1, 0.15) is 0 Å². The van der Waals surface area contributed by atoms with Gasteiger partial charge in [-0.2, -0.15) is 18.4 Å². The second-order valence-corrected chi connectivity index (χ2v) is 5.25. The van der Waals surface area contributed by atoms with Crippen LogP contribution in [-0.4, -0.2) is 31.1 Å². The number of nitrogens with one attached hydrogen (secondary N) is 1. The van der Waals surface area contributed by atoms with E-state index in [1.54, 1.807) is 6.07 Å². The Bertz CT molecular complexity index is 540. The molecule has 1 aromatic carbocycles. The number of benzene rings is 1. The Kier molecular flexibility index (Phi) is 9.26. The normalized spacial score (nSPS) is 16.7. The summed E-state index contributed by atoms with van der Waals surface area (Å²) >= 11 is 5.97. The van der Waals surface area contributed by atoms with Crippen molar-refractivity contribution in [2.24, 2.45) is 0 Å². The molecule has 1 heterocycles. The Morgan fingerprint density at radius 1 is 1.26 bits per heavy atom. The van der Waals surface area contributed by atoms with Crippen molar-refractivity contribution in [1.82, 2.24) is 10.2 Å². The minimum Gasteiger partial charge on any atom is -0.314 e. The maximum Gasteiger partial charge on any atom is 0.417 e. The third kappa shape index (κ3) is 5.40. The molecule has 0 saturated carbocycles. The van der Waals surface area contributed by atoms with Crippen LogP contribution in [-0.2, 0) is 6.18 Å². The predicted molar refractivity (Wildman–Crippen MR) is 88.4 cm³/mol. The smallest absolute Gasteiger partial charge is 0.314 e. The average molecular weight is 391 g/mol. The Morgan fingerprint density at radius 2 is 1.87 bits per heavy atom. The number of alkyl halides is 3. The molecule has 1 aliphatic rings. The quantitative estimate of drug-likeness (QED) is 0.846. The molecular formula is C14H17Cl3F3N3. The van der Waals surface area contributed by atoms with E-state index in [4.69, 9.17) is 16.9 Å². The minimum absolute atomic E-state index is 0. The fourth-order valence-electron chi connectivity index (χ4n) is 2.54. The SMILES string of the molecule is Cl.Cl.N#CC[C@@H](c1cccc(C(F)(F)F)c1Cl)N1CCNCC1. The lowest BCUT2D eigenvalue weighted by atomic mass is 9.99. The van der Waals surface area contributed by atoms with Gasteiger partial charge in [0.05, 0.1) is 23.1 Å². The third-order valence-corrected chi connectivity index (χ3v) is 3.99. The van der Waals surface area contributed by atoms with Crippen LogP contribution in [0.15, 0.2) is 18.2 Å². The summed E-state index contributed by atoms with van der Waals surface area (Å²) in [6, 6.07) is 5.52. The highest BCUT2D eigenvalue weighted by atomic mass is 35.5. The first-order valence-electron chi connectivity index (χ1n) is 6.62. The van der Waals surface area contributed by atoms with Crippen LogP contribution in [0.3, 0.4) is 0 Å². The van der Waals surface area contributed by atoms with Gasteiger partial charge < -0.3 is 5.32 Å². The largest absolute Gasteiger partial charge is 0.417 e. The first-order valence-corrected chi connectivity index (χ1v) is 7.00. The van der Waals surface area contributed by atoms with Gasteiger partial charge >= 0.3 is 6.18 Å². The van der Waals surface area contributed by atoms with Gasteiger partial charge in [-0.1, -0.05) is 23.7 Å². The third-order valence-electron chi connectivity index (χ3n) is 3.57. The highest BCUT2D eigenvalue weighted by Gasteiger charge is 2.35. The van der Waals surface area contributed by atoms with Crippen LogP contribution < -0.4 is 5.32 Å². The molecule has 0 spiro atoms. The van der Waals surface area contributed by atoms with Crippen molar-refractivity contribution < 1.29 is 13.2 Å². The van der Waals surface area contributed by atoms with Crippen LogP contribution >= 0.6 is 36.4 Å². The summed E-state index contributed by atoms with van der Waals surface area (Å²) in [5.74, 6) is 0. The van der Waals surface area contributed by atoms with Gasteiger partial charge in [0, 0.05) is 32.2 Å². The molecular weight excluding hydrogens is 374 g/mol. The lowest BCUT2D eigenvalue weighted by Crippen LogP contribution is -2.45. The van der Waals surface area contributed by atoms with E-state index in [-0.39, 0.29) is 36.3 Å². The summed E-state index contributed by atoms with van der Waals surface area (Å²) in [7, 11) is 0. The van der Waals surface area contributed by atoms with Gasteiger partial charge in [-0.15, -0.1) is 24.8 Å². The van der Waals surface area contributed by atoms with Gasteiger partial charge in [-0.25, -0.2) is 0 Å². The zero-order chi connectivity index (χ0) is 15.5. The molecule has 9 heteroatoms. The molecule has 23 heavy (non-hydrogen) atoms. The summed E-state index contributed by atoms with van der Waals surface area (Å²) in [4.78, 5) is 2.00. The van der Waals surface area contributed by atoms with E-state index in [1.165, 1.54) is 6.07 Å². The highest BCUT2D eigenvalue weighted by Crippen LogP contribution is 2.39. The molecule has 1 atom stereocenters. The summed E-state index contributed by atoms with van der Waals surface area (Å²) < 4.78 is 38.8. The van der Waals surface area contributed by atoms with Gasteiger partial charge in [0.15, 0.2) is 0 Å². The van der Waals surface area contributed by atoms with Crippen molar-refractivity contribution >= 4 is 36.4 Å². The molecule has 0 amide bonds. The maximum atomic E-state index is 12.9. The van der Waals surface area contributed by atoms with Gasteiger partial charge in [0.2, 0.25) is 0 Å². The standard InChI is InChI=1S/C14H15ClF3N3.2ClH/c15-13-10(2-1-3-11(13)14(16,17)18)12(4-5-19)21-8-6-20-7-9-21;;/h1-3,12,20H,4,6-9H2;2*1H/t12-;;/m0../s1. The zero-order valence-corrected chi connectivity index (χ0v) is 14.5. The minimum atomic E-state index is -4.49. The molecule has 0 aromatic heterocycles. The molecule has 0 radical (unpaired) electrons. The topological polar surface area (TPSA) is 39.1 Å². The van der Waals surface area contributed by atoms with E-state index in [0.29, 0.717) is 18.7 Å². The van der Waals surface area contributed by atoms with E-state index in [9.17, 15) is 13.2 Å². The van der Waals surface area contributed by atoms with Gasteiger partial charge in [0.25, 0.3) is 0 Å². The molecule has 1 saturated heterocycles. The van der Waals surface area contributed by atoms with Crippen molar-refractivity contribution in [3.63, 3.8) is 0 Å². The van der Waals surface area contributed by atoms with Crippen LogP contribution in [0.25, 0.3) is 0 Å².